The number of aromatic nitrogens is 2. The van der Waals surface area contributed by atoms with E-state index in [-0.39, 0.29) is 0 Å². The second-order valence-electron chi connectivity index (χ2n) is 5.50. The molecule has 2 aromatic rings. The summed E-state index contributed by atoms with van der Waals surface area (Å²) < 4.78 is 0. The number of piperidine rings is 1. The molecule has 2 heterocycles. The minimum atomic E-state index is 0.586. The van der Waals surface area contributed by atoms with Gasteiger partial charge in [-0.15, -0.1) is 0 Å². The summed E-state index contributed by atoms with van der Waals surface area (Å²) in [6, 6.07) is 8.76. The third kappa shape index (κ3) is 2.43. The number of aromatic amines is 1. The number of nitrogens with one attached hydrogen (secondary N) is 2. The maximum atomic E-state index is 4.59. The molecule has 1 fully saturated rings. The predicted octanol–water partition coefficient (Wildman–Crippen LogP) is 3.16. The average molecular weight is 255 g/mol. The third-order valence-electron chi connectivity index (χ3n) is 4.04. The maximum absolute atomic E-state index is 4.59. The van der Waals surface area contributed by atoms with Crippen molar-refractivity contribution >= 4 is 0 Å². The summed E-state index contributed by atoms with van der Waals surface area (Å²) in [6.45, 7) is 6.44. The second-order valence-corrected chi connectivity index (χ2v) is 5.50. The lowest BCUT2D eigenvalue weighted by molar-refractivity contribution is 0.453. The quantitative estimate of drug-likeness (QED) is 0.865. The van der Waals surface area contributed by atoms with Crippen molar-refractivity contribution in [3.8, 4) is 11.1 Å². The van der Waals surface area contributed by atoms with E-state index in [9.17, 15) is 0 Å². The number of benzene rings is 1. The van der Waals surface area contributed by atoms with Gasteiger partial charge in [0.25, 0.3) is 0 Å². The van der Waals surface area contributed by atoms with Crippen LogP contribution in [0.1, 0.15) is 35.7 Å². The van der Waals surface area contributed by atoms with Gasteiger partial charge in [-0.2, -0.15) is 5.10 Å². The first kappa shape index (κ1) is 12.4. The number of hydrogen-bond acceptors (Lipinski definition) is 2. The smallest absolute Gasteiger partial charge is 0.0735 e. The molecule has 3 rings (SSSR count). The van der Waals surface area contributed by atoms with Crippen LogP contribution in [-0.4, -0.2) is 23.3 Å². The van der Waals surface area contributed by atoms with E-state index in [1.54, 1.807) is 0 Å². The molecule has 1 saturated heterocycles. The number of aryl methyl sites for hydroxylation is 2. The fourth-order valence-electron chi connectivity index (χ4n) is 2.92. The first-order valence-electron chi connectivity index (χ1n) is 7.08. The zero-order valence-electron chi connectivity index (χ0n) is 11.7. The van der Waals surface area contributed by atoms with Crippen molar-refractivity contribution < 1.29 is 0 Å². The summed E-state index contributed by atoms with van der Waals surface area (Å²) in [4.78, 5) is 0. The van der Waals surface area contributed by atoms with E-state index in [2.05, 4.69) is 53.6 Å². The molecule has 1 aliphatic rings. The summed E-state index contributed by atoms with van der Waals surface area (Å²) in [5.41, 5.74) is 6.32. The predicted molar refractivity (Wildman–Crippen MR) is 78.3 cm³/mol. The Morgan fingerprint density at radius 1 is 1.05 bits per heavy atom. The highest BCUT2D eigenvalue weighted by atomic mass is 15.1. The Morgan fingerprint density at radius 2 is 1.74 bits per heavy atom. The van der Waals surface area contributed by atoms with Crippen molar-refractivity contribution in [3.63, 3.8) is 0 Å². The SMILES string of the molecule is Cc1ccc(-c2c(C3CCNCC3)n[nH]c2C)cc1. The largest absolute Gasteiger partial charge is 0.317 e. The van der Waals surface area contributed by atoms with E-state index in [0.29, 0.717) is 5.92 Å². The lowest BCUT2D eigenvalue weighted by Crippen LogP contribution is -2.27. The topological polar surface area (TPSA) is 40.7 Å². The highest BCUT2D eigenvalue weighted by molar-refractivity contribution is 5.69. The number of nitrogens with zero attached hydrogens (tertiary/aromatic N) is 1. The van der Waals surface area contributed by atoms with Crippen LogP contribution in [0.15, 0.2) is 24.3 Å². The Bertz CT molecular complexity index is 548. The van der Waals surface area contributed by atoms with Gasteiger partial charge < -0.3 is 5.32 Å². The normalized spacial score (nSPS) is 16.7. The van der Waals surface area contributed by atoms with Gasteiger partial charge in [0.05, 0.1) is 5.69 Å². The molecule has 3 heteroatoms. The van der Waals surface area contributed by atoms with Gasteiger partial charge in [0.15, 0.2) is 0 Å². The standard InChI is InChI=1S/C16H21N3/c1-11-3-5-13(6-4-11)15-12(2)18-19-16(15)14-7-9-17-10-8-14/h3-6,14,17H,7-10H2,1-2H3,(H,18,19). The minimum Gasteiger partial charge on any atom is -0.317 e. The fourth-order valence-corrected chi connectivity index (χ4v) is 2.92. The van der Waals surface area contributed by atoms with E-state index < -0.39 is 0 Å². The van der Waals surface area contributed by atoms with Crippen molar-refractivity contribution in [2.24, 2.45) is 0 Å². The van der Waals surface area contributed by atoms with Gasteiger partial charge in [0.2, 0.25) is 0 Å². The van der Waals surface area contributed by atoms with Gasteiger partial charge in [-0.1, -0.05) is 29.8 Å². The van der Waals surface area contributed by atoms with Crippen LogP contribution in [-0.2, 0) is 0 Å². The number of H-pyrrole nitrogens is 1. The molecule has 2 N–H and O–H groups in total. The molecule has 19 heavy (non-hydrogen) atoms. The van der Waals surface area contributed by atoms with Crippen molar-refractivity contribution in [1.82, 2.24) is 15.5 Å². The molecule has 0 unspecified atom stereocenters. The molecule has 0 amide bonds. The van der Waals surface area contributed by atoms with E-state index in [1.807, 2.05) is 0 Å². The maximum Gasteiger partial charge on any atom is 0.0735 e. The van der Waals surface area contributed by atoms with Crippen molar-refractivity contribution in [2.45, 2.75) is 32.6 Å². The van der Waals surface area contributed by atoms with Gasteiger partial charge in [-0.25, -0.2) is 0 Å². The van der Waals surface area contributed by atoms with Crippen LogP contribution in [0.25, 0.3) is 11.1 Å². The molecule has 3 nitrogen and oxygen atoms in total. The van der Waals surface area contributed by atoms with E-state index in [4.69, 9.17) is 0 Å². The van der Waals surface area contributed by atoms with E-state index in [1.165, 1.54) is 40.9 Å². The van der Waals surface area contributed by atoms with Gasteiger partial charge in [-0.3, -0.25) is 5.10 Å². The molecule has 0 radical (unpaired) electrons. The summed E-state index contributed by atoms with van der Waals surface area (Å²) in [5, 5.41) is 11.2. The highest BCUT2D eigenvalue weighted by Gasteiger charge is 2.22. The zero-order chi connectivity index (χ0) is 13.2. The van der Waals surface area contributed by atoms with Gasteiger partial charge in [0.1, 0.15) is 0 Å². The van der Waals surface area contributed by atoms with Crippen molar-refractivity contribution in [1.29, 1.82) is 0 Å². The summed E-state index contributed by atoms with van der Waals surface area (Å²) in [6.07, 6.45) is 2.37. The molecule has 0 aliphatic carbocycles. The molecular formula is C16H21N3. The van der Waals surface area contributed by atoms with E-state index >= 15 is 0 Å². The summed E-state index contributed by atoms with van der Waals surface area (Å²) in [5.74, 6) is 0.586. The van der Waals surface area contributed by atoms with Gasteiger partial charge >= 0.3 is 0 Å². The highest BCUT2D eigenvalue weighted by Crippen LogP contribution is 2.34. The third-order valence-corrected chi connectivity index (χ3v) is 4.04. The Kier molecular flexibility index (Phi) is 3.38. The lowest BCUT2D eigenvalue weighted by Gasteiger charge is -2.22. The minimum absolute atomic E-state index is 0.586. The summed E-state index contributed by atoms with van der Waals surface area (Å²) >= 11 is 0. The van der Waals surface area contributed by atoms with Crippen LogP contribution >= 0.6 is 0 Å². The first-order valence-corrected chi connectivity index (χ1v) is 7.08. The van der Waals surface area contributed by atoms with Crippen molar-refractivity contribution in [3.05, 3.63) is 41.2 Å². The Balaban J connectivity index is 2.00. The Morgan fingerprint density at radius 3 is 2.42 bits per heavy atom. The molecule has 1 aromatic carbocycles. The van der Waals surface area contributed by atoms with Crippen LogP contribution < -0.4 is 5.32 Å². The fraction of sp³-hybridized carbons (Fsp3) is 0.438. The van der Waals surface area contributed by atoms with Crippen molar-refractivity contribution in [2.75, 3.05) is 13.1 Å². The monoisotopic (exact) mass is 255 g/mol. The lowest BCUT2D eigenvalue weighted by atomic mass is 9.89. The molecule has 0 spiro atoms. The van der Waals surface area contributed by atoms with Crippen LogP contribution in [0.2, 0.25) is 0 Å². The molecule has 100 valence electrons. The van der Waals surface area contributed by atoms with Gasteiger partial charge in [-0.05, 0) is 45.3 Å². The van der Waals surface area contributed by atoms with Crippen LogP contribution in [0.3, 0.4) is 0 Å². The number of rotatable bonds is 2. The molecule has 0 atom stereocenters. The molecule has 0 bridgehead atoms. The second kappa shape index (κ2) is 5.17. The van der Waals surface area contributed by atoms with Crippen LogP contribution in [0, 0.1) is 13.8 Å². The van der Waals surface area contributed by atoms with E-state index in [0.717, 1.165) is 13.1 Å². The molecule has 1 aromatic heterocycles. The Hall–Kier alpha value is -1.61. The molecular weight excluding hydrogens is 234 g/mol. The first-order chi connectivity index (χ1) is 9.25. The van der Waals surface area contributed by atoms with Gasteiger partial charge in [0, 0.05) is 17.2 Å². The number of hydrogen-bond donors (Lipinski definition) is 2. The molecule has 0 saturated carbocycles. The zero-order valence-corrected chi connectivity index (χ0v) is 11.7. The average Bonchev–Trinajstić information content (AvgIpc) is 2.83. The molecule has 1 aliphatic heterocycles. The van der Waals surface area contributed by atoms with Crippen LogP contribution in [0.5, 0.6) is 0 Å². The Labute approximate surface area is 114 Å². The summed E-state index contributed by atoms with van der Waals surface area (Å²) in [7, 11) is 0. The van der Waals surface area contributed by atoms with Crippen LogP contribution in [0.4, 0.5) is 0 Å².